The molecule has 3 atom stereocenters. The van der Waals surface area contributed by atoms with Crippen LogP contribution in [-0.4, -0.2) is 41.1 Å². The van der Waals surface area contributed by atoms with Crippen molar-refractivity contribution in [3.05, 3.63) is 48.0 Å². The zero-order chi connectivity index (χ0) is 16.2. The second-order valence-corrected chi connectivity index (χ2v) is 6.10. The molecular formula is C18H21NO4. The Balaban J connectivity index is 1.49. The molecule has 23 heavy (non-hydrogen) atoms. The Bertz CT molecular complexity index is 572. The number of hydrogen-bond donors (Lipinski definition) is 1. The highest BCUT2D eigenvalue weighted by Gasteiger charge is 2.47. The molecule has 1 N–H and O–H groups in total. The van der Waals surface area contributed by atoms with Crippen LogP contribution in [-0.2, 0) is 20.9 Å². The third-order valence-corrected chi connectivity index (χ3v) is 4.41. The number of nitrogens with zero attached hydrogens (tertiary/aromatic N) is 1. The van der Waals surface area contributed by atoms with Crippen LogP contribution >= 0.6 is 0 Å². The first kappa shape index (κ1) is 15.9. The van der Waals surface area contributed by atoms with E-state index in [4.69, 9.17) is 4.74 Å². The molecule has 0 spiro atoms. The lowest BCUT2D eigenvalue weighted by Gasteiger charge is -2.19. The van der Waals surface area contributed by atoms with Gasteiger partial charge in [0.15, 0.2) is 0 Å². The average Bonchev–Trinajstić information content (AvgIpc) is 2.81. The molecule has 0 unspecified atom stereocenters. The van der Waals surface area contributed by atoms with Gasteiger partial charge in [0, 0.05) is 0 Å². The number of allylic oxidation sites excluding steroid dienone is 2. The standard InChI is InChI=1S/C18H21NO4/c20-14(12-23-11-13-6-2-1-3-7-13)10-19-17(21)15-8-4-5-9-16(15)18(19)22/h1-7,14-16,20H,8-12H2/t14-,15-,16+/m0/s1. The number of benzene rings is 1. The van der Waals surface area contributed by atoms with Gasteiger partial charge < -0.3 is 9.84 Å². The zero-order valence-corrected chi connectivity index (χ0v) is 12.9. The topological polar surface area (TPSA) is 66.8 Å². The Kier molecular flexibility index (Phi) is 4.88. The van der Waals surface area contributed by atoms with Crippen molar-refractivity contribution in [2.45, 2.75) is 25.6 Å². The molecule has 1 aliphatic carbocycles. The summed E-state index contributed by atoms with van der Waals surface area (Å²) in [6.45, 7) is 0.508. The molecule has 0 bridgehead atoms. The largest absolute Gasteiger partial charge is 0.389 e. The summed E-state index contributed by atoms with van der Waals surface area (Å²) < 4.78 is 5.47. The Morgan fingerprint density at radius 1 is 1.09 bits per heavy atom. The molecule has 1 aliphatic heterocycles. The monoisotopic (exact) mass is 315 g/mol. The van der Waals surface area contributed by atoms with Crippen LogP contribution in [0.25, 0.3) is 0 Å². The highest BCUT2D eigenvalue weighted by molar-refractivity contribution is 6.05. The van der Waals surface area contributed by atoms with Gasteiger partial charge in [0.2, 0.25) is 11.8 Å². The number of hydrogen-bond acceptors (Lipinski definition) is 4. The van der Waals surface area contributed by atoms with Crippen molar-refractivity contribution in [3.8, 4) is 0 Å². The second-order valence-electron chi connectivity index (χ2n) is 6.10. The van der Waals surface area contributed by atoms with E-state index in [1.54, 1.807) is 0 Å². The summed E-state index contributed by atoms with van der Waals surface area (Å²) >= 11 is 0. The predicted molar refractivity (Wildman–Crippen MR) is 84.2 cm³/mol. The number of likely N-dealkylation sites (tertiary alicyclic amines) is 1. The van der Waals surface area contributed by atoms with Crippen LogP contribution in [0.15, 0.2) is 42.5 Å². The number of rotatable bonds is 6. The molecule has 1 heterocycles. The van der Waals surface area contributed by atoms with E-state index in [-0.39, 0.29) is 36.8 Å². The van der Waals surface area contributed by atoms with Crippen LogP contribution in [0.4, 0.5) is 0 Å². The number of aliphatic hydroxyl groups is 1. The van der Waals surface area contributed by atoms with E-state index in [0.717, 1.165) is 5.56 Å². The van der Waals surface area contributed by atoms with Gasteiger partial charge in [-0.1, -0.05) is 42.5 Å². The Morgan fingerprint density at radius 3 is 2.30 bits per heavy atom. The summed E-state index contributed by atoms with van der Waals surface area (Å²) in [5.41, 5.74) is 1.02. The molecule has 122 valence electrons. The van der Waals surface area contributed by atoms with Crippen molar-refractivity contribution in [2.75, 3.05) is 13.2 Å². The highest BCUT2D eigenvalue weighted by Crippen LogP contribution is 2.34. The third kappa shape index (κ3) is 3.51. The highest BCUT2D eigenvalue weighted by atomic mass is 16.5. The van der Waals surface area contributed by atoms with Gasteiger partial charge in [0.25, 0.3) is 0 Å². The first-order chi connectivity index (χ1) is 11.2. The lowest BCUT2D eigenvalue weighted by atomic mass is 9.85. The minimum atomic E-state index is -0.861. The fraction of sp³-hybridized carbons (Fsp3) is 0.444. The van der Waals surface area contributed by atoms with Crippen LogP contribution in [0, 0.1) is 11.8 Å². The number of ether oxygens (including phenoxy) is 1. The van der Waals surface area contributed by atoms with E-state index >= 15 is 0 Å². The first-order valence-corrected chi connectivity index (χ1v) is 7.96. The summed E-state index contributed by atoms with van der Waals surface area (Å²) in [6.07, 6.45) is 4.28. The predicted octanol–water partition coefficient (Wildman–Crippen LogP) is 1.52. The molecule has 1 fully saturated rings. The van der Waals surface area contributed by atoms with Gasteiger partial charge in [-0.2, -0.15) is 0 Å². The minimum Gasteiger partial charge on any atom is -0.389 e. The summed E-state index contributed by atoms with van der Waals surface area (Å²) in [7, 11) is 0. The molecule has 1 aromatic carbocycles. The third-order valence-electron chi connectivity index (χ3n) is 4.41. The second kappa shape index (κ2) is 7.06. The molecule has 5 heteroatoms. The van der Waals surface area contributed by atoms with Crippen LogP contribution < -0.4 is 0 Å². The van der Waals surface area contributed by atoms with E-state index < -0.39 is 6.10 Å². The number of imide groups is 1. The molecule has 0 aromatic heterocycles. The molecule has 0 radical (unpaired) electrons. The normalized spacial score (nSPS) is 24.8. The molecular weight excluding hydrogens is 294 g/mol. The number of carbonyl (C=O) groups excluding carboxylic acids is 2. The smallest absolute Gasteiger partial charge is 0.233 e. The van der Waals surface area contributed by atoms with Gasteiger partial charge in [-0.3, -0.25) is 14.5 Å². The van der Waals surface area contributed by atoms with E-state index in [0.29, 0.717) is 19.4 Å². The molecule has 0 saturated carbocycles. The van der Waals surface area contributed by atoms with Crippen LogP contribution in [0.2, 0.25) is 0 Å². The molecule has 1 aromatic rings. The number of amides is 2. The number of β-amino-alcohol motifs (C(OH)–C–C–N with tert-alkyl or cyclic N) is 1. The molecule has 1 saturated heterocycles. The average molecular weight is 315 g/mol. The quantitative estimate of drug-likeness (QED) is 0.638. The SMILES string of the molecule is O=C1[C@H]2CC=CC[C@H]2C(=O)N1C[C@H](O)COCc1ccccc1. The van der Waals surface area contributed by atoms with Crippen LogP contribution in [0.1, 0.15) is 18.4 Å². The summed E-state index contributed by atoms with van der Waals surface area (Å²) in [6, 6.07) is 9.66. The minimum absolute atomic E-state index is 0.0133. The lowest BCUT2D eigenvalue weighted by Crippen LogP contribution is -2.39. The Morgan fingerprint density at radius 2 is 1.70 bits per heavy atom. The fourth-order valence-corrected chi connectivity index (χ4v) is 3.20. The summed E-state index contributed by atoms with van der Waals surface area (Å²) in [4.78, 5) is 25.8. The van der Waals surface area contributed by atoms with Gasteiger partial charge in [0.05, 0.1) is 37.7 Å². The van der Waals surface area contributed by atoms with E-state index in [2.05, 4.69) is 0 Å². The molecule has 5 nitrogen and oxygen atoms in total. The van der Waals surface area contributed by atoms with Gasteiger partial charge in [-0.25, -0.2) is 0 Å². The summed E-state index contributed by atoms with van der Waals surface area (Å²) in [5, 5.41) is 10.1. The fourth-order valence-electron chi connectivity index (χ4n) is 3.20. The van der Waals surface area contributed by atoms with Gasteiger partial charge in [0.1, 0.15) is 0 Å². The Hall–Kier alpha value is -1.98. The van der Waals surface area contributed by atoms with E-state index in [1.807, 2.05) is 42.5 Å². The van der Waals surface area contributed by atoms with Gasteiger partial charge in [-0.05, 0) is 18.4 Å². The van der Waals surface area contributed by atoms with Crippen molar-refractivity contribution < 1.29 is 19.4 Å². The van der Waals surface area contributed by atoms with Crippen molar-refractivity contribution in [1.82, 2.24) is 4.90 Å². The summed E-state index contributed by atoms with van der Waals surface area (Å²) in [5.74, 6) is -0.812. The maximum absolute atomic E-state index is 12.3. The lowest BCUT2D eigenvalue weighted by molar-refractivity contribution is -0.142. The maximum atomic E-state index is 12.3. The van der Waals surface area contributed by atoms with Crippen molar-refractivity contribution >= 4 is 11.8 Å². The molecule has 2 aliphatic rings. The maximum Gasteiger partial charge on any atom is 0.233 e. The van der Waals surface area contributed by atoms with Gasteiger partial charge in [-0.15, -0.1) is 0 Å². The molecule has 2 amide bonds. The van der Waals surface area contributed by atoms with Crippen LogP contribution in [0.3, 0.4) is 0 Å². The molecule has 3 rings (SSSR count). The number of fused-ring (bicyclic) bond motifs is 1. The van der Waals surface area contributed by atoms with Crippen molar-refractivity contribution in [2.24, 2.45) is 11.8 Å². The van der Waals surface area contributed by atoms with Gasteiger partial charge >= 0.3 is 0 Å². The van der Waals surface area contributed by atoms with Crippen molar-refractivity contribution in [3.63, 3.8) is 0 Å². The van der Waals surface area contributed by atoms with E-state index in [9.17, 15) is 14.7 Å². The number of carbonyl (C=O) groups is 2. The number of aliphatic hydroxyl groups excluding tert-OH is 1. The van der Waals surface area contributed by atoms with Crippen molar-refractivity contribution in [1.29, 1.82) is 0 Å². The Labute approximate surface area is 135 Å². The van der Waals surface area contributed by atoms with E-state index in [1.165, 1.54) is 4.90 Å². The van der Waals surface area contributed by atoms with Crippen LogP contribution in [0.5, 0.6) is 0 Å². The first-order valence-electron chi connectivity index (χ1n) is 7.96. The zero-order valence-electron chi connectivity index (χ0n) is 12.9.